The number of aromatic nitrogens is 2. The van der Waals surface area contributed by atoms with E-state index >= 15 is 0 Å². The zero-order valence-electron chi connectivity index (χ0n) is 13.6. The fourth-order valence-electron chi connectivity index (χ4n) is 2.87. The number of nitrogens with zero attached hydrogens (tertiary/aromatic N) is 2. The second-order valence-corrected chi connectivity index (χ2v) is 6.07. The zero-order chi connectivity index (χ0) is 18.0. The maximum Gasteiger partial charge on any atom is 0.416 e. The van der Waals surface area contributed by atoms with Gasteiger partial charge in [-0.25, -0.2) is 14.4 Å². The van der Waals surface area contributed by atoms with Crippen LogP contribution >= 0.6 is 0 Å². The number of aryl methyl sites for hydroxylation is 1. The molecule has 4 nitrogen and oxygen atoms in total. The number of hydrogen-bond donors (Lipinski definition) is 2. The fraction of sp³-hybridized carbons (Fsp3) is 0.412. The first-order valence-electron chi connectivity index (χ1n) is 8.02. The van der Waals surface area contributed by atoms with Crippen LogP contribution in [0.5, 0.6) is 0 Å². The molecule has 0 spiro atoms. The van der Waals surface area contributed by atoms with E-state index in [-0.39, 0.29) is 11.6 Å². The van der Waals surface area contributed by atoms with Gasteiger partial charge in [0.1, 0.15) is 5.82 Å². The van der Waals surface area contributed by atoms with E-state index in [0.29, 0.717) is 23.3 Å². The van der Waals surface area contributed by atoms with Crippen molar-refractivity contribution in [2.75, 3.05) is 18.4 Å². The third-order valence-electron chi connectivity index (χ3n) is 4.20. The Morgan fingerprint density at radius 1 is 1.24 bits per heavy atom. The summed E-state index contributed by atoms with van der Waals surface area (Å²) in [5, 5.41) is 6.49. The van der Waals surface area contributed by atoms with Crippen molar-refractivity contribution in [3.05, 3.63) is 41.5 Å². The highest BCUT2D eigenvalue weighted by Gasteiger charge is 2.31. The van der Waals surface area contributed by atoms with E-state index in [1.54, 1.807) is 6.92 Å². The average molecular weight is 354 g/mol. The van der Waals surface area contributed by atoms with Crippen molar-refractivity contribution in [2.45, 2.75) is 32.0 Å². The minimum absolute atomic E-state index is 0.0522. The predicted molar refractivity (Wildman–Crippen MR) is 86.7 cm³/mol. The molecule has 1 aromatic heterocycles. The number of nitrogens with one attached hydrogen (secondary N) is 2. The number of alkyl halides is 3. The zero-order valence-corrected chi connectivity index (χ0v) is 13.6. The van der Waals surface area contributed by atoms with Crippen molar-refractivity contribution in [1.29, 1.82) is 0 Å². The van der Waals surface area contributed by atoms with Gasteiger partial charge in [-0.05, 0) is 38.4 Å². The molecule has 3 rings (SSSR count). The average Bonchev–Trinajstić information content (AvgIpc) is 2.56. The van der Waals surface area contributed by atoms with Crippen molar-refractivity contribution >= 4 is 5.95 Å². The second-order valence-electron chi connectivity index (χ2n) is 6.07. The maximum absolute atomic E-state index is 14.1. The largest absolute Gasteiger partial charge is 0.416 e. The minimum atomic E-state index is -4.58. The molecule has 134 valence electrons. The van der Waals surface area contributed by atoms with E-state index in [1.165, 1.54) is 6.20 Å². The minimum Gasteiger partial charge on any atom is -0.350 e. The van der Waals surface area contributed by atoms with Gasteiger partial charge in [-0.1, -0.05) is 6.07 Å². The highest BCUT2D eigenvalue weighted by Crippen LogP contribution is 2.33. The summed E-state index contributed by atoms with van der Waals surface area (Å²) in [6, 6.07) is 2.69. The van der Waals surface area contributed by atoms with E-state index in [4.69, 9.17) is 0 Å². The molecule has 1 aromatic carbocycles. The number of hydrogen-bond acceptors (Lipinski definition) is 4. The Hall–Kier alpha value is -2.22. The molecule has 25 heavy (non-hydrogen) atoms. The fourth-order valence-corrected chi connectivity index (χ4v) is 2.87. The lowest BCUT2D eigenvalue weighted by Crippen LogP contribution is -2.38. The van der Waals surface area contributed by atoms with Gasteiger partial charge in [0.05, 0.1) is 11.3 Å². The van der Waals surface area contributed by atoms with E-state index in [0.717, 1.165) is 38.1 Å². The summed E-state index contributed by atoms with van der Waals surface area (Å²) < 4.78 is 52.1. The molecule has 8 heteroatoms. The van der Waals surface area contributed by atoms with Gasteiger partial charge in [0.15, 0.2) is 0 Å². The highest BCUT2D eigenvalue weighted by molar-refractivity contribution is 5.66. The lowest BCUT2D eigenvalue weighted by molar-refractivity contribution is -0.137. The van der Waals surface area contributed by atoms with Gasteiger partial charge in [0, 0.05) is 29.9 Å². The van der Waals surface area contributed by atoms with Crippen molar-refractivity contribution < 1.29 is 17.6 Å². The van der Waals surface area contributed by atoms with Gasteiger partial charge in [0.2, 0.25) is 5.95 Å². The van der Waals surface area contributed by atoms with Gasteiger partial charge in [0.25, 0.3) is 0 Å². The third kappa shape index (κ3) is 4.07. The van der Waals surface area contributed by atoms with Crippen LogP contribution in [0.15, 0.2) is 24.4 Å². The molecule has 2 aromatic rings. The van der Waals surface area contributed by atoms with E-state index in [9.17, 15) is 17.6 Å². The molecule has 2 N–H and O–H groups in total. The smallest absolute Gasteiger partial charge is 0.350 e. The molecular weight excluding hydrogens is 336 g/mol. The summed E-state index contributed by atoms with van der Waals surface area (Å²) in [5.41, 5.74) is -0.0924. The van der Waals surface area contributed by atoms with Gasteiger partial charge >= 0.3 is 6.18 Å². The van der Waals surface area contributed by atoms with Gasteiger partial charge in [-0.3, -0.25) is 0 Å². The molecule has 1 saturated heterocycles. The van der Waals surface area contributed by atoms with E-state index < -0.39 is 17.6 Å². The highest BCUT2D eigenvalue weighted by atomic mass is 19.4. The monoisotopic (exact) mass is 354 g/mol. The van der Waals surface area contributed by atoms with E-state index in [2.05, 4.69) is 20.6 Å². The Morgan fingerprint density at radius 3 is 2.64 bits per heavy atom. The molecule has 1 aliphatic rings. The molecule has 1 fully saturated rings. The lowest BCUT2D eigenvalue weighted by Gasteiger charge is -2.24. The van der Waals surface area contributed by atoms with Crippen LogP contribution in [0.25, 0.3) is 11.1 Å². The van der Waals surface area contributed by atoms with Gasteiger partial charge in [-0.15, -0.1) is 0 Å². The molecule has 0 saturated carbocycles. The number of piperidine rings is 1. The quantitative estimate of drug-likeness (QED) is 0.824. The topological polar surface area (TPSA) is 49.8 Å². The standard InChI is InChI=1S/C17H18F4N4/c1-10-14(13-5-4-11(7-15(13)18)17(19,20)21)9-23-16(24-10)25-12-3-2-6-22-8-12/h4-5,7,9,12,22H,2-3,6,8H2,1H3,(H,23,24,25)/t12-/m0/s1. The van der Waals surface area contributed by atoms with Gasteiger partial charge < -0.3 is 10.6 Å². The lowest BCUT2D eigenvalue weighted by atomic mass is 10.0. The Morgan fingerprint density at radius 2 is 2.04 bits per heavy atom. The summed E-state index contributed by atoms with van der Waals surface area (Å²) >= 11 is 0. The summed E-state index contributed by atoms with van der Waals surface area (Å²) in [4.78, 5) is 8.50. The van der Waals surface area contributed by atoms with Crippen LogP contribution in [0.1, 0.15) is 24.1 Å². The Bertz CT molecular complexity index is 755. The molecule has 0 unspecified atom stereocenters. The molecule has 1 atom stereocenters. The van der Waals surface area contributed by atoms with Gasteiger partial charge in [-0.2, -0.15) is 13.2 Å². The first-order valence-corrected chi connectivity index (χ1v) is 8.02. The summed E-state index contributed by atoms with van der Waals surface area (Å²) in [5.74, 6) is -0.513. The van der Waals surface area contributed by atoms with Crippen LogP contribution in [0, 0.1) is 12.7 Å². The van der Waals surface area contributed by atoms with E-state index in [1.807, 2.05) is 0 Å². The van der Waals surface area contributed by atoms with Crippen LogP contribution in [0.3, 0.4) is 0 Å². The summed E-state index contributed by atoms with van der Waals surface area (Å²) in [6.45, 7) is 3.49. The third-order valence-corrected chi connectivity index (χ3v) is 4.20. The normalized spacial score (nSPS) is 18.2. The van der Waals surface area contributed by atoms with Crippen LogP contribution in [-0.4, -0.2) is 29.1 Å². The van der Waals surface area contributed by atoms with Crippen LogP contribution < -0.4 is 10.6 Å². The SMILES string of the molecule is Cc1nc(N[C@H]2CCCNC2)ncc1-c1ccc(C(F)(F)F)cc1F. The van der Waals surface area contributed by atoms with Crippen molar-refractivity contribution in [2.24, 2.45) is 0 Å². The molecule has 2 heterocycles. The molecule has 0 radical (unpaired) electrons. The summed E-state index contributed by atoms with van der Waals surface area (Å²) in [7, 11) is 0. The Kier molecular flexibility index (Phi) is 4.89. The molecule has 0 aliphatic carbocycles. The van der Waals surface area contributed by atoms with Crippen molar-refractivity contribution in [1.82, 2.24) is 15.3 Å². The van der Waals surface area contributed by atoms with Crippen LogP contribution in [0.4, 0.5) is 23.5 Å². The second kappa shape index (κ2) is 6.95. The Labute approximate surface area is 142 Å². The van der Waals surface area contributed by atoms with Crippen molar-refractivity contribution in [3.8, 4) is 11.1 Å². The first kappa shape index (κ1) is 17.6. The summed E-state index contributed by atoms with van der Waals surface area (Å²) in [6.07, 6.45) is -1.07. The first-order chi connectivity index (χ1) is 11.8. The van der Waals surface area contributed by atoms with Crippen molar-refractivity contribution in [3.63, 3.8) is 0 Å². The molecule has 0 amide bonds. The van der Waals surface area contributed by atoms with Crippen LogP contribution in [0.2, 0.25) is 0 Å². The maximum atomic E-state index is 14.1. The number of benzene rings is 1. The number of anilines is 1. The number of rotatable bonds is 3. The molecule has 0 bridgehead atoms. The van der Waals surface area contributed by atoms with Crippen LogP contribution in [-0.2, 0) is 6.18 Å². The Balaban J connectivity index is 1.83. The predicted octanol–water partition coefficient (Wildman–Crippen LogP) is 3.77. The molecule has 1 aliphatic heterocycles. The number of halogens is 4. The molecular formula is C17H18F4N4.